The van der Waals surface area contributed by atoms with Crippen LogP contribution in [0.2, 0.25) is 0 Å². The van der Waals surface area contributed by atoms with Gasteiger partial charge in [0.1, 0.15) is 6.61 Å². The Morgan fingerprint density at radius 1 is 1.08 bits per heavy atom. The summed E-state index contributed by atoms with van der Waals surface area (Å²) in [6.45, 7) is 3.58. The summed E-state index contributed by atoms with van der Waals surface area (Å²) in [5.41, 5.74) is 1.82. The molecule has 0 bridgehead atoms. The Kier molecular flexibility index (Phi) is 6.55. The summed E-state index contributed by atoms with van der Waals surface area (Å²) in [6, 6.07) is 15.6. The summed E-state index contributed by atoms with van der Waals surface area (Å²) in [6.07, 6.45) is -1.36. The maximum Gasteiger partial charge on any atom is 0.407 e. The highest BCUT2D eigenvalue weighted by Gasteiger charge is 2.19. The molecular formula is C18H21NO5S. The van der Waals surface area contributed by atoms with Gasteiger partial charge < -0.3 is 10.1 Å². The van der Waals surface area contributed by atoms with Crippen molar-refractivity contribution in [2.45, 2.75) is 31.5 Å². The quantitative estimate of drug-likeness (QED) is 0.765. The van der Waals surface area contributed by atoms with Crippen molar-refractivity contribution in [2.24, 2.45) is 0 Å². The molecular weight excluding hydrogens is 342 g/mol. The number of carbonyl (C=O) groups is 1. The normalized spacial score (nSPS) is 12.4. The number of aryl methyl sites for hydroxylation is 1. The van der Waals surface area contributed by atoms with E-state index < -0.39 is 22.3 Å². The number of amides is 1. The Hall–Kier alpha value is -2.38. The molecule has 0 aliphatic carbocycles. The van der Waals surface area contributed by atoms with Gasteiger partial charge in [-0.25, -0.2) is 4.79 Å². The second-order valence-electron chi connectivity index (χ2n) is 5.62. The Labute approximate surface area is 147 Å². The van der Waals surface area contributed by atoms with Crippen molar-refractivity contribution in [1.82, 2.24) is 5.32 Å². The van der Waals surface area contributed by atoms with E-state index in [4.69, 9.17) is 8.92 Å². The van der Waals surface area contributed by atoms with Crippen LogP contribution in [0.5, 0.6) is 0 Å². The van der Waals surface area contributed by atoms with Gasteiger partial charge in [0, 0.05) is 6.54 Å². The van der Waals surface area contributed by atoms with E-state index in [9.17, 15) is 13.2 Å². The van der Waals surface area contributed by atoms with Gasteiger partial charge >= 0.3 is 6.09 Å². The molecule has 0 saturated heterocycles. The predicted octanol–water partition coefficient (Wildman–Crippen LogP) is 3.02. The number of alkyl carbamates (subject to hydrolysis) is 1. The van der Waals surface area contributed by atoms with Crippen LogP contribution in [0.4, 0.5) is 4.79 Å². The lowest BCUT2D eigenvalue weighted by Gasteiger charge is -2.14. The summed E-state index contributed by atoms with van der Waals surface area (Å²) < 4.78 is 34.4. The Morgan fingerprint density at radius 3 is 2.36 bits per heavy atom. The molecule has 134 valence electrons. The maximum absolute atomic E-state index is 12.1. The number of rotatable bonds is 7. The molecule has 7 heteroatoms. The molecule has 0 heterocycles. The molecule has 2 aromatic rings. The van der Waals surface area contributed by atoms with E-state index in [0.717, 1.165) is 11.1 Å². The second-order valence-corrected chi connectivity index (χ2v) is 7.19. The lowest BCUT2D eigenvalue weighted by molar-refractivity contribution is 0.133. The Balaban J connectivity index is 1.78. The van der Waals surface area contributed by atoms with Crippen molar-refractivity contribution in [2.75, 3.05) is 6.54 Å². The summed E-state index contributed by atoms with van der Waals surface area (Å²) >= 11 is 0. The van der Waals surface area contributed by atoms with Gasteiger partial charge in [0.05, 0.1) is 11.0 Å². The van der Waals surface area contributed by atoms with Gasteiger partial charge in [-0.2, -0.15) is 8.42 Å². The first-order chi connectivity index (χ1) is 11.9. The summed E-state index contributed by atoms with van der Waals surface area (Å²) in [5, 5.41) is 2.49. The number of nitrogens with one attached hydrogen (secondary N) is 1. The van der Waals surface area contributed by atoms with Crippen LogP contribution in [0.15, 0.2) is 59.5 Å². The zero-order chi connectivity index (χ0) is 18.3. The number of benzene rings is 2. The minimum Gasteiger partial charge on any atom is -0.445 e. The van der Waals surface area contributed by atoms with Gasteiger partial charge in [-0.05, 0) is 31.5 Å². The van der Waals surface area contributed by atoms with Gasteiger partial charge in [0.15, 0.2) is 0 Å². The molecule has 0 aliphatic rings. The van der Waals surface area contributed by atoms with Gasteiger partial charge in [-0.3, -0.25) is 4.18 Å². The van der Waals surface area contributed by atoms with Crippen molar-refractivity contribution >= 4 is 16.2 Å². The molecule has 2 aromatic carbocycles. The summed E-state index contributed by atoms with van der Waals surface area (Å²) in [7, 11) is -3.87. The lowest BCUT2D eigenvalue weighted by atomic mass is 10.2. The maximum atomic E-state index is 12.1. The average molecular weight is 363 g/mol. The van der Waals surface area contributed by atoms with Crippen LogP contribution in [0.25, 0.3) is 0 Å². The fourth-order valence-corrected chi connectivity index (χ4v) is 3.09. The predicted molar refractivity (Wildman–Crippen MR) is 93.5 cm³/mol. The van der Waals surface area contributed by atoms with E-state index in [1.807, 2.05) is 37.3 Å². The number of ether oxygens (including phenoxy) is 1. The van der Waals surface area contributed by atoms with Crippen LogP contribution < -0.4 is 5.32 Å². The van der Waals surface area contributed by atoms with Crippen LogP contribution in [-0.4, -0.2) is 27.2 Å². The summed E-state index contributed by atoms with van der Waals surface area (Å²) in [5.74, 6) is 0. The SMILES string of the molecule is Cc1ccc(S(=O)(=O)OC(C)CNC(=O)OCc2ccccc2)cc1. The largest absolute Gasteiger partial charge is 0.445 e. The second kappa shape index (κ2) is 8.64. The number of hydrogen-bond acceptors (Lipinski definition) is 5. The first kappa shape index (κ1) is 19.0. The van der Waals surface area contributed by atoms with E-state index in [1.165, 1.54) is 12.1 Å². The molecule has 0 fully saturated rings. The van der Waals surface area contributed by atoms with Crippen LogP contribution >= 0.6 is 0 Å². The molecule has 1 N–H and O–H groups in total. The fraction of sp³-hybridized carbons (Fsp3) is 0.278. The van der Waals surface area contributed by atoms with Gasteiger partial charge in [-0.1, -0.05) is 48.0 Å². The van der Waals surface area contributed by atoms with Crippen LogP contribution in [0.3, 0.4) is 0 Å². The molecule has 0 spiro atoms. The molecule has 6 nitrogen and oxygen atoms in total. The minimum absolute atomic E-state index is 0.0126. The van der Waals surface area contributed by atoms with E-state index in [0.29, 0.717) is 0 Å². The van der Waals surface area contributed by atoms with E-state index >= 15 is 0 Å². The first-order valence-electron chi connectivity index (χ1n) is 7.81. The van der Waals surface area contributed by atoms with Gasteiger partial charge in [0.2, 0.25) is 0 Å². The molecule has 2 rings (SSSR count). The lowest BCUT2D eigenvalue weighted by Crippen LogP contribution is -2.33. The monoisotopic (exact) mass is 363 g/mol. The van der Waals surface area contributed by atoms with Gasteiger partial charge in [0.25, 0.3) is 10.1 Å². The molecule has 1 unspecified atom stereocenters. The molecule has 0 radical (unpaired) electrons. The minimum atomic E-state index is -3.87. The molecule has 1 amide bonds. The van der Waals surface area contributed by atoms with Crippen molar-refractivity contribution in [1.29, 1.82) is 0 Å². The first-order valence-corrected chi connectivity index (χ1v) is 9.22. The fourth-order valence-electron chi connectivity index (χ4n) is 2.01. The smallest absolute Gasteiger partial charge is 0.407 e. The summed E-state index contributed by atoms with van der Waals surface area (Å²) in [4.78, 5) is 11.7. The Bertz CT molecular complexity index is 788. The average Bonchev–Trinajstić information content (AvgIpc) is 2.59. The highest BCUT2D eigenvalue weighted by atomic mass is 32.2. The highest BCUT2D eigenvalue weighted by molar-refractivity contribution is 7.86. The van der Waals surface area contributed by atoms with Crippen LogP contribution in [-0.2, 0) is 25.6 Å². The van der Waals surface area contributed by atoms with Crippen molar-refractivity contribution in [3.8, 4) is 0 Å². The van der Waals surface area contributed by atoms with Crippen molar-refractivity contribution in [3.63, 3.8) is 0 Å². The Morgan fingerprint density at radius 2 is 1.72 bits per heavy atom. The topological polar surface area (TPSA) is 81.7 Å². The third-order valence-corrected chi connectivity index (χ3v) is 4.78. The van der Waals surface area contributed by atoms with Gasteiger partial charge in [-0.15, -0.1) is 0 Å². The zero-order valence-electron chi connectivity index (χ0n) is 14.1. The van der Waals surface area contributed by atoms with E-state index in [1.54, 1.807) is 19.1 Å². The molecule has 25 heavy (non-hydrogen) atoms. The third-order valence-electron chi connectivity index (χ3n) is 3.35. The van der Waals surface area contributed by atoms with E-state index in [2.05, 4.69) is 5.32 Å². The number of hydrogen-bond donors (Lipinski definition) is 1. The number of carbonyl (C=O) groups excluding carboxylic acids is 1. The zero-order valence-corrected chi connectivity index (χ0v) is 15.0. The standard InChI is InChI=1S/C18H21NO5S/c1-14-8-10-17(11-9-14)25(21,22)24-15(2)12-19-18(20)23-13-16-6-4-3-5-7-16/h3-11,15H,12-13H2,1-2H3,(H,19,20). The molecule has 0 aromatic heterocycles. The molecule has 0 saturated carbocycles. The third kappa shape index (κ3) is 6.21. The molecule has 1 atom stereocenters. The van der Waals surface area contributed by atoms with Crippen LogP contribution in [0, 0.1) is 6.92 Å². The highest BCUT2D eigenvalue weighted by Crippen LogP contribution is 2.14. The van der Waals surface area contributed by atoms with E-state index in [-0.39, 0.29) is 18.0 Å². The van der Waals surface area contributed by atoms with Crippen molar-refractivity contribution in [3.05, 3.63) is 65.7 Å². The molecule has 0 aliphatic heterocycles. The van der Waals surface area contributed by atoms with Crippen LogP contribution in [0.1, 0.15) is 18.1 Å². The van der Waals surface area contributed by atoms with Crippen molar-refractivity contribution < 1.29 is 22.1 Å².